The van der Waals surface area contributed by atoms with Gasteiger partial charge >= 0.3 is 11.8 Å². The molecule has 304 valence electrons. The summed E-state index contributed by atoms with van der Waals surface area (Å²) in [6, 6.07) is 44.9. The van der Waals surface area contributed by atoms with Crippen molar-refractivity contribution in [2.75, 3.05) is 0 Å². The SMILES string of the molecule is CCCc1nc(C(C)(C)O)c(C(=O)OCc2oc(=O)oc2C)n1Cc1ccc(-c2ccccc2C(=N)N(N=N)C(c2ccccc2)(c2ccccc2)c2ccccc2)cc1. The molecule has 3 N–H and O–H groups in total. The molecule has 0 radical (unpaired) electrons. The Bertz CT molecular complexity index is 2570. The average molecular weight is 803 g/mol. The zero-order chi connectivity index (χ0) is 42.4. The lowest BCUT2D eigenvalue weighted by Crippen LogP contribution is -2.48. The summed E-state index contributed by atoms with van der Waals surface area (Å²) in [4.78, 5) is 30.2. The third-order valence-corrected chi connectivity index (χ3v) is 10.5. The molecule has 60 heavy (non-hydrogen) atoms. The lowest BCUT2D eigenvalue weighted by Gasteiger charge is -2.42. The quantitative estimate of drug-likeness (QED) is 0.0230. The summed E-state index contributed by atoms with van der Waals surface area (Å²) in [5, 5.41) is 26.6. The van der Waals surface area contributed by atoms with Crippen molar-refractivity contribution in [2.24, 2.45) is 5.22 Å². The van der Waals surface area contributed by atoms with E-state index < -0.39 is 22.9 Å². The molecule has 12 heteroatoms. The van der Waals surface area contributed by atoms with Gasteiger partial charge in [-0.3, -0.25) is 5.41 Å². The normalized spacial score (nSPS) is 11.6. The van der Waals surface area contributed by atoms with Gasteiger partial charge < -0.3 is 23.2 Å². The van der Waals surface area contributed by atoms with Gasteiger partial charge in [0.15, 0.2) is 29.7 Å². The van der Waals surface area contributed by atoms with Crippen LogP contribution >= 0.6 is 0 Å². The third kappa shape index (κ3) is 7.97. The van der Waals surface area contributed by atoms with Crippen molar-refractivity contribution in [3.05, 3.63) is 207 Å². The molecular formula is C48H46N6O6. The molecule has 0 unspecified atom stereocenters. The Morgan fingerprint density at radius 2 is 1.38 bits per heavy atom. The van der Waals surface area contributed by atoms with Gasteiger partial charge in [-0.25, -0.2) is 19.6 Å². The van der Waals surface area contributed by atoms with Crippen molar-refractivity contribution in [1.29, 1.82) is 10.9 Å². The van der Waals surface area contributed by atoms with Crippen molar-refractivity contribution in [2.45, 2.75) is 64.8 Å². The fourth-order valence-corrected chi connectivity index (χ4v) is 7.65. The van der Waals surface area contributed by atoms with Crippen LogP contribution in [0.15, 0.2) is 158 Å². The number of rotatable bonds is 15. The molecule has 0 aliphatic carbocycles. The fraction of sp³-hybridized carbons (Fsp3) is 0.208. The zero-order valence-electron chi connectivity index (χ0n) is 33.9. The van der Waals surface area contributed by atoms with Crippen LogP contribution in [0.2, 0.25) is 0 Å². The van der Waals surface area contributed by atoms with Crippen LogP contribution in [0.4, 0.5) is 0 Å². The van der Waals surface area contributed by atoms with Crippen LogP contribution in [-0.4, -0.2) is 31.5 Å². The Morgan fingerprint density at radius 1 is 0.833 bits per heavy atom. The molecule has 0 aliphatic rings. The van der Waals surface area contributed by atoms with Crippen molar-refractivity contribution >= 4 is 11.8 Å². The summed E-state index contributed by atoms with van der Waals surface area (Å²) >= 11 is 0. The minimum absolute atomic E-state index is 0.0241. The van der Waals surface area contributed by atoms with Crippen molar-refractivity contribution < 1.29 is 23.5 Å². The molecular weight excluding hydrogens is 757 g/mol. The minimum atomic E-state index is -1.48. The van der Waals surface area contributed by atoms with Crippen molar-refractivity contribution in [1.82, 2.24) is 14.6 Å². The Kier molecular flexibility index (Phi) is 11.9. The molecule has 0 saturated heterocycles. The van der Waals surface area contributed by atoms with Gasteiger partial charge in [0, 0.05) is 18.5 Å². The Hall–Kier alpha value is -7.18. The van der Waals surface area contributed by atoms with Crippen LogP contribution < -0.4 is 5.82 Å². The molecule has 0 fully saturated rings. The van der Waals surface area contributed by atoms with E-state index in [1.807, 2.05) is 146 Å². The van der Waals surface area contributed by atoms with E-state index in [2.05, 4.69) is 5.22 Å². The second-order valence-corrected chi connectivity index (χ2v) is 14.9. The maximum absolute atomic E-state index is 13.8. The topological polar surface area (TPSA) is 171 Å². The molecule has 5 aromatic carbocycles. The van der Waals surface area contributed by atoms with Crippen LogP contribution in [0.25, 0.3) is 11.1 Å². The zero-order valence-corrected chi connectivity index (χ0v) is 33.9. The third-order valence-electron chi connectivity index (χ3n) is 10.5. The van der Waals surface area contributed by atoms with E-state index in [4.69, 9.17) is 24.1 Å². The van der Waals surface area contributed by atoms with Crippen LogP contribution in [0.5, 0.6) is 0 Å². The number of carbonyl (C=O) groups excluding carboxylic acids is 1. The molecule has 2 heterocycles. The number of nitrogens with zero attached hydrogens (tertiary/aromatic N) is 4. The number of hydrogen-bond acceptors (Lipinski definition) is 10. The predicted molar refractivity (Wildman–Crippen MR) is 227 cm³/mol. The van der Waals surface area contributed by atoms with E-state index in [1.165, 1.54) is 5.01 Å². The number of imidazole rings is 1. The van der Waals surface area contributed by atoms with Gasteiger partial charge in [0.2, 0.25) is 0 Å². The summed E-state index contributed by atoms with van der Waals surface area (Å²) in [5.74, 6) is -0.706. The van der Waals surface area contributed by atoms with Gasteiger partial charge in [-0.2, -0.15) is 5.53 Å². The largest absolute Gasteiger partial charge is 0.519 e. The van der Waals surface area contributed by atoms with Gasteiger partial charge in [-0.15, -0.1) is 0 Å². The number of aromatic nitrogens is 2. The maximum Gasteiger partial charge on any atom is 0.519 e. The molecule has 0 amide bonds. The Balaban J connectivity index is 1.26. The summed E-state index contributed by atoms with van der Waals surface area (Å²) in [6.45, 7) is 6.57. The molecule has 0 saturated carbocycles. The van der Waals surface area contributed by atoms with Gasteiger partial charge in [-0.1, -0.05) is 152 Å². The standard InChI is InChI=1S/C48H46N6O6/c1-5-17-41-51-43(47(3,4)57)42(45(55)58-31-40-32(2)59-46(56)60-40)53(41)30-33-26-28-34(29-27-33)38-24-15-16-25-39(38)44(49)54(52-50)48(35-18-9-6-10-19-35,36-20-11-7-12-21-36)37-22-13-8-14-23-37/h6-16,18-29,49-50,57H,5,17,30-31H2,1-4H3. The number of benzene rings is 5. The number of ether oxygens (including phenoxy) is 1. The maximum atomic E-state index is 13.8. The first kappa shape index (κ1) is 41.0. The minimum Gasteiger partial charge on any atom is -0.453 e. The number of aliphatic hydroxyl groups is 1. The highest BCUT2D eigenvalue weighted by atomic mass is 16.6. The monoisotopic (exact) mass is 802 g/mol. The van der Waals surface area contributed by atoms with E-state index in [9.17, 15) is 20.1 Å². The first-order valence-corrected chi connectivity index (χ1v) is 19.7. The summed E-state index contributed by atoms with van der Waals surface area (Å²) < 4.78 is 17.3. The first-order valence-electron chi connectivity index (χ1n) is 19.7. The Morgan fingerprint density at radius 3 is 1.88 bits per heavy atom. The van der Waals surface area contributed by atoms with Gasteiger partial charge in [0.05, 0.1) is 0 Å². The summed E-state index contributed by atoms with van der Waals surface area (Å²) in [7, 11) is 0. The summed E-state index contributed by atoms with van der Waals surface area (Å²) in [5.41, 5.74) is 11.8. The van der Waals surface area contributed by atoms with E-state index >= 15 is 0 Å². The van der Waals surface area contributed by atoms with Crippen molar-refractivity contribution in [3.63, 3.8) is 0 Å². The molecule has 7 rings (SSSR count). The lowest BCUT2D eigenvalue weighted by molar-refractivity contribution is 0.0395. The van der Waals surface area contributed by atoms with Crippen molar-refractivity contribution in [3.8, 4) is 11.1 Å². The van der Waals surface area contributed by atoms with E-state index in [-0.39, 0.29) is 41.9 Å². The van der Waals surface area contributed by atoms with Gasteiger partial charge in [-0.05, 0) is 60.6 Å². The molecule has 0 bridgehead atoms. The van der Waals surface area contributed by atoms with Crippen LogP contribution in [0.1, 0.15) is 88.5 Å². The smallest absolute Gasteiger partial charge is 0.453 e. The second kappa shape index (κ2) is 17.4. The van der Waals surface area contributed by atoms with E-state index in [0.29, 0.717) is 17.8 Å². The second-order valence-electron chi connectivity index (χ2n) is 14.9. The number of aryl methyl sites for hydroxylation is 2. The molecule has 2 aromatic heterocycles. The molecule has 0 aliphatic heterocycles. The molecule has 0 spiro atoms. The first-order chi connectivity index (χ1) is 29.0. The van der Waals surface area contributed by atoms with Gasteiger partial charge in [0.1, 0.15) is 22.7 Å². The number of amidine groups is 1. The fourth-order valence-electron chi connectivity index (χ4n) is 7.65. The van der Waals surface area contributed by atoms with Crippen LogP contribution in [-0.2, 0) is 35.4 Å². The van der Waals surface area contributed by atoms with Gasteiger partial charge in [0.25, 0.3) is 0 Å². The molecule has 7 aromatic rings. The number of carbonyl (C=O) groups is 1. The lowest BCUT2D eigenvalue weighted by atomic mass is 9.76. The summed E-state index contributed by atoms with van der Waals surface area (Å²) in [6.07, 6.45) is 1.27. The van der Waals surface area contributed by atoms with Crippen LogP contribution in [0.3, 0.4) is 0 Å². The highest BCUT2D eigenvalue weighted by Gasteiger charge is 2.45. The predicted octanol–water partition coefficient (Wildman–Crippen LogP) is 9.56. The average Bonchev–Trinajstić information content (AvgIpc) is 3.80. The Labute approximate surface area is 347 Å². The number of esters is 1. The van der Waals surface area contributed by atoms with E-state index in [1.54, 1.807) is 25.3 Å². The highest BCUT2D eigenvalue weighted by Crippen LogP contribution is 2.44. The number of nitrogens with one attached hydrogen (secondary N) is 2. The highest BCUT2D eigenvalue weighted by molar-refractivity contribution is 6.03. The molecule has 0 atom stereocenters. The van der Waals surface area contributed by atoms with E-state index in [0.717, 1.165) is 39.8 Å². The van der Waals surface area contributed by atoms with Crippen LogP contribution in [0, 0.1) is 17.9 Å². The molecule has 12 nitrogen and oxygen atoms in total. The number of hydrogen-bond donors (Lipinski definition) is 3.